The lowest BCUT2D eigenvalue weighted by Gasteiger charge is -2.25. The van der Waals surface area contributed by atoms with Crippen molar-refractivity contribution in [2.75, 3.05) is 40.0 Å². The summed E-state index contributed by atoms with van der Waals surface area (Å²) in [5.41, 5.74) is 6.71. The molecule has 0 aliphatic rings. The van der Waals surface area contributed by atoms with Gasteiger partial charge in [0.05, 0.1) is 19.8 Å². The van der Waals surface area contributed by atoms with Gasteiger partial charge in [0.2, 0.25) is 5.91 Å². The second-order valence-electron chi connectivity index (χ2n) is 4.99. The molecule has 0 fully saturated rings. The minimum absolute atomic E-state index is 0.0664. The lowest BCUT2D eigenvalue weighted by atomic mass is 10.1. The third-order valence-electron chi connectivity index (χ3n) is 3.24. The number of ether oxygens (including phenoxy) is 2. The standard InChI is InChI=1S/C16H26N2O3/c1-14(12-17)16(19)18(8-9-21-11-10-20-2)13-15-6-4-3-5-7-15/h3-7,14H,8-13,17H2,1-2H3. The highest BCUT2D eigenvalue weighted by atomic mass is 16.5. The Kier molecular flexibility index (Phi) is 8.66. The molecule has 0 aliphatic carbocycles. The maximum atomic E-state index is 12.4. The summed E-state index contributed by atoms with van der Waals surface area (Å²) in [5.74, 6) is -0.107. The van der Waals surface area contributed by atoms with Gasteiger partial charge in [-0.05, 0) is 5.56 Å². The van der Waals surface area contributed by atoms with Crippen LogP contribution >= 0.6 is 0 Å². The number of hydrogen-bond acceptors (Lipinski definition) is 4. The highest BCUT2D eigenvalue weighted by Gasteiger charge is 2.19. The van der Waals surface area contributed by atoms with E-state index in [-0.39, 0.29) is 11.8 Å². The van der Waals surface area contributed by atoms with E-state index >= 15 is 0 Å². The van der Waals surface area contributed by atoms with Crippen LogP contribution in [0.3, 0.4) is 0 Å². The Morgan fingerprint density at radius 1 is 1.24 bits per heavy atom. The molecule has 5 nitrogen and oxygen atoms in total. The Bertz CT molecular complexity index is 398. The van der Waals surface area contributed by atoms with Gasteiger partial charge in [0.1, 0.15) is 0 Å². The van der Waals surface area contributed by atoms with Crippen molar-refractivity contribution in [1.82, 2.24) is 4.90 Å². The Morgan fingerprint density at radius 3 is 2.57 bits per heavy atom. The van der Waals surface area contributed by atoms with E-state index in [4.69, 9.17) is 15.2 Å². The molecule has 0 aliphatic heterocycles. The summed E-state index contributed by atoms with van der Waals surface area (Å²) in [7, 11) is 1.64. The Balaban J connectivity index is 2.55. The van der Waals surface area contributed by atoms with E-state index in [0.717, 1.165) is 5.56 Å². The SMILES string of the molecule is COCCOCCN(Cc1ccccc1)C(=O)C(C)CN. The molecule has 1 amide bonds. The number of methoxy groups -OCH3 is 1. The van der Waals surface area contributed by atoms with Gasteiger partial charge in [-0.3, -0.25) is 4.79 Å². The summed E-state index contributed by atoms with van der Waals surface area (Å²) in [6.07, 6.45) is 0. The van der Waals surface area contributed by atoms with Crippen molar-refractivity contribution in [3.05, 3.63) is 35.9 Å². The average Bonchev–Trinajstić information content (AvgIpc) is 2.53. The molecule has 2 N–H and O–H groups in total. The van der Waals surface area contributed by atoms with E-state index in [9.17, 15) is 4.79 Å². The van der Waals surface area contributed by atoms with Gasteiger partial charge in [0, 0.05) is 32.7 Å². The number of rotatable bonds is 10. The Labute approximate surface area is 127 Å². The van der Waals surface area contributed by atoms with Crippen LogP contribution in [0.1, 0.15) is 12.5 Å². The Hall–Kier alpha value is -1.43. The molecule has 0 saturated carbocycles. The highest BCUT2D eigenvalue weighted by molar-refractivity contribution is 5.78. The van der Waals surface area contributed by atoms with Gasteiger partial charge in [0.25, 0.3) is 0 Å². The van der Waals surface area contributed by atoms with Gasteiger partial charge in [-0.2, -0.15) is 0 Å². The first kappa shape index (κ1) is 17.6. The number of benzene rings is 1. The molecule has 1 rings (SSSR count). The molecule has 0 saturated heterocycles. The molecule has 1 aromatic carbocycles. The molecule has 0 aromatic heterocycles. The quantitative estimate of drug-likeness (QED) is 0.660. The van der Waals surface area contributed by atoms with Gasteiger partial charge in [-0.15, -0.1) is 0 Å². The van der Waals surface area contributed by atoms with Crippen molar-refractivity contribution in [2.24, 2.45) is 11.7 Å². The molecule has 0 radical (unpaired) electrons. The van der Waals surface area contributed by atoms with Crippen LogP contribution in [-0.2, 0) is 20.8 Å². The smallest absolute Gasteiger partial charge is 0.227 e. The summed E-state index contributed by atoms with van der Waals surface area (Å²) in [4.78, 5) is 14.2. The van der Waals surface area contributed by atoms with Crippen LogP contribution < -0.4 is 5.73 Å². The summed E-state index contributed by atoms with van der Waals surface area (Å²) in [5, 5.41) is 0. The van der Waals surface area contributed by atoms with Gasteiger partial charge in [-0.25, -0.2) is 0 Å². The predicted molar refractivity (Wildman–Crippen MR) is 82.8 cm³/mol. The first-order chi connectivity index (χ1) is 10.2. The summed E-state index contributed by atoms with van der Waals surface area (Å²) in [6.45, 7) is 4.95. The molecule has 0 heterocycles. The van der Waals surface area contributed by atoms with E-state index in [1.807, 2.05) is 37.3 Å². The van der Waals surface area contributed by atoms with Crippen LogP contribution in [0.4, 0.5) is 0 Å². The van der Waals surface area contributed by atoms with Gasteiger partial charge < -0.3 is 20.1 Å². The predicted octanol–water partition coefficient (Wildman–Crippen LogP) is 1.27. The number of nitrogens with zero attached hydrogens (tertiary/aromatic N) is 1. The van der Waals surface area contributed by atoms with Crippen molar-refractivity contribution >= 4 is 5.91 Å². The molecule has 0 bridgehead atoms. The van der Waals surface area contributed by atoms with Crippen LogP contribution in [0.15, 0.2) is 30.3 Å². The molecule has 1 aromatic rings. The largest absolute Gasteiger partial charge is 0.382 e. The summed E-state index contributed by atoms with van der Waals surface area (Å²) < 4.78 is 10.4. The first-order valence-electron chi connectivity index (χ1n) is 7.28. The van der Waals surface area contributed by atoms with E-state index in [1.165, 1.54) is 0 Å². The van der Waals surface area contributed by atoms with Crippen molar-refractivity contribution in [3.63, 3.8) is 0 Å². The third-order valence-corrected chi connectivity index (χ3v) is 3.24. The fourth-order valence-corrected chi connectivity index (χ4v) is 1.90. The number of amides is 1. The Morgan fingerprint density at radius 2 is 1.95 bits per heavy atom. The van der Waals surface area contributed by atoms with Gasteiger partial charge >= 0.3 is 0 Å². The van der Waals surface area contributed by atoms with E-state index in [0.29, 0.717) is 39.5 Å². The summed E-state index contributed by atoms with van der Waals surface area (Å²) >= 11 is 0. The minimum atomic E-state index is -0.173. The monoisotopic (exact) mass is 294 g/mol. The first-order valence-corrected chi connectivity index (χ1v) is 7.28. The van der Waals surface area contributed by atoms with E-state index < -0.39 is 0 Å². The van der Waals surface area contributed by atoms with Crippen molar-refractivity contribution in [3.8, 4) is 0 Å². The number of hydrogen-bond donors (Lipinski definition) is 1. The highest BCUT2D eigenvalue weighted by Crippen LogP contribution is 2.08. The molecule has 0 spiro atoms. The van der Waals surface area contributed by atoms with Crippen molar-refractivity contribution in [1.29, 1.82) is 0 Å². The van der Waals surface area contributed by atoms with Crippen LogP contribution in [0.25, 0.3) is 0 Å². The molecule has 1 unspecified atom stereocenters. The van der Waals surface area contributed by atoms with E-state index in [1.54, 1.807) is 12.0 Å². The second kappa shape index (κ2) is 10.3. The molecular weight excluding hydrogens is 268 g/mol. The lowest BCUT2D eigenvalue weighted by Crippen LogP contribution is -2.39. The number of carbonyl (C=O) groups is 1. The second-order valence-corrected chi connectivity index (χ2v) is 4.99. The zero-order valence-corrected chi connectivity index (χ0v) is 13.0. The summed E-state index contributed by atoms with van der Waals surface area (Å²) in [6, 6.07) is 9.93. The normalized spacial score (nSPS) is 12.1. The van der Waals surface area contributed by atoms with Crippen molar-refractivity contribution < 1.29 is 14.3 Å². The fourth-order valence-electron chi connectivity index (χ4n) is 1.90. The average molecular weight is 294 g/mol. The van der Waals surface area contributed by atoms with Crippen LogP contribution in [0, 0.1) is 5.92 Å². The molecular formula is C16H26N2O3. The van der Waals surface area contributed by atoms with Crippen LogP contribution in [0.2, 0.25) is 0 Å². The number of carbonyl (C=O) groups excluding carboxylic acids is 1. The molecule has 118 valence electrons. The maximum Gasteiger partial charge on any atom is 0.227 e. The lowest BCUT2D eigenvalue weighted by molar-refractivity contribution is -0.136. The van der Waals surface area contributed by atoms with Crippen molar-refractivity contribution in [2.45, 2.75) is 13.5 Å². The van der Waals surface area contributed by atoms with Gasteiger partial charge in [-0.1, -0.05) is 37.3 Å². The van der Waals surface area contributed by atoms with Crippen LogP contribution in [-0.4, -0.2) is 50.8 Å². The van der Waals surface area contributed by atoms with Gasteiger partial charge in [0.15, 0.2) is 0 Å². The molecule has 5 heteroatoms. The zero-order valence-electron chi connectivity index (χ0n) is 13.0. The zero-order chi connectivity index (χ0) is 15.5. The topological polar surface area (TPSA) is 64.8 Å². The maximum absolute atomic E-state index is 12.4. The van der Waals surface area contributed by atoms with E-state index in [2.05, 4.69) is 0 Å². The van der Waals surface area contributed by atoms with Crippen LogP contribution in [0.5, 0.6) is 0 Å². The third kappa shape index (κ3) is 6.71. The molecule has 21 heavy (non-hydrogen) atoms. The fraction of sp³-hybridized carbons (Fsp3) is 0.562. The minimum Gasteiger partial charge on any atom is -0.382 e. The molecule has 1 atom stereocenters. The number of nitrogens with two attached hydrogens (primary N) is 1.